The van der Waals surface area contributed by atoms with E-state index in [1.54, 1.807) is 14.2 Å². The maximum Gasteiger partial charge on any atom is 0.323 e. The van der Waals surface area contributed by atoms with E-state index in [-0.39, 0.29) is 25.2 Å². The molecule has 0 aliphatic carbocycles. The van der Waals surface area contributed by atoms with Crippen LogP contribution in [0.3, 0.4) is 0 Å². The quantitative estimate of drug-likeness (QED) is 0.667. The van der Waals surface area contributed by atoms with Gasteiger partial charge in [0.15, 0.2) is 0 Å². The summed E-state index contributed by atoms with van der Waals surface area (Å²) in [6.07, 6.45) is 1.50. The van der Waals surface area contributed by atoms with Crippen LogP contribution in [0.25, 0.3) is 0 Å². The molecule has 1 N–H and O–H groups in total. The van der Waals surface area contributed by atoms with Crippen molar-refractivity contribution in [3.05, 3.63) is 12.7 Å². The molecule has 0 aromatic heterocycles. The Morgan fingerprint density at radius 2 is 2.12 bits per heavy atom. The van der Waals surface area contributed by atoms with Gasteiger partial charge in [0.2, 0.25) is 0 Å². The average molecular weight is 244 g/mol. The van der Waals surface area contributed by atoms with Crippen molar-refractivity contribution in [2.45, 2.75) is 13.0 Å². The zero-order valence-corrected chi connectivity index (χ0v) is 10.5. The number of carboxylic acids is 1. The van der Waals surface area contributed by atoms with Crippen molar-refractivity contribution >= 4 is 12.0 Å². The van der Waals surface area contributed by atoms with Crippen molar-refractivity contribution < 1.29 is 19.4 Å². The van der Waals surface area contributed by atoms with Gasteiger partial charge in [0.25, 0.3) is 0 Å². The zero-order valence-electron chi connectivity index (χ0n) is 10.5. The lowest BCUT2D eigenvalue weighted by atomic mass is 10.3. The van der Waals surface area contributed by atoms with Gasteiger partial charge in [-0.05, 0) is 6.92 Å². The number of amides is 2. The lowest BCUT2D eigenvalue weighted by Gasteiger charge is -2.30. The predicted octanol–water partition coefficient (Wildman–Crippen LogP) is 0.646. The van der Waals surface area contributed by atoms with Gasteiger partial charge < -0.3 is 19.6 Å². The van der Waals surface area contributed by atoms with Crippen molar-refractivity contribution in [1.82, 2.24) is 9.80 Å². The molecule has 1 unspecified atom stereocenters. The predicted molar refractivity (Wildman–Crippen MR) is 63.9 cm³/mol. The van der Waals surface area contributed by atoms with Gasteiger partial charge in [-0.2, -0.15) is 0 Å². The Labute approximate surface area is 101 Å². The van der Waals surface area contributed by atoms with E-state index in [1.807, 2.05) is 6.92 Å². The van der Waals surface area contributed by atoms with E-state index in [4.69, 9.17) is 9.84 Å². The summed E-state index contributed by atoms with van der Waals surface area (Å²) in [4.78, 5) is 25.3. The fraction of sp³-hybridized carbons (Fsp3) is 0.636. The second kappa shape index (κ2) is 7.67. The summed E-state index contributed by atoms with van der Waals surface area (Å²) in [7, 11) is 3.16. The third-order valence-corrected chi connectivity index (χ3v) is 2.32. The highest BCUT2D eigenvalue weighted by molar-refractivity contribution is 5.80. The molecule has 17 heavy (non-hydrogen) atoms. The summed E-state index contributed by atoms with van der Waals surface area (Å²) in [6.45, 7) is 5.59. The lowest BCUT2D eigenvalue weighted by Crippen LogP contribution is -2.48. The van der Waals surface area contributed by atoms with Gasteiger partial charge in [-0.3, -0.25) is 4.79 Å². The summed E-state index contributed by atoms with van der Waals surface area (Å²) >= 11 is 0. The molecule has 2 amide bonds. The first-order valence-corrected chi connectivity index (χ1v) is 5.27. The Balaban J connectivity index is 4.58. The number of hydrogen-bond donors (Lipinski definition) is 1. The minimum absolute atomic E-state index is 0.117. The number of carbonyl (C=O) groups excluding carboxylic acids is 1. The van der Waals surface area contributed by atoms with Crippen LogP contribution in [0.15, 0.2) is 12.7 Å². The van der Waals surface area contributed by atoms with Crippen LogP contribution in [-0.4, -0.2) is 66.8 Å². The summed E-state index contributed by atoms with van der Waals surface area (Å²) in [5, 5.41) is 8.71. The van der Waals surface area contributed by atoms with Crippen LogP contribution < -0.4 is 0 Å². The number of ether oxygens (including phenoxy) is 1. The highest BCUT2D eigenvalue weighted by Crippen LogP contribution is 2.03. The van der Waals surface area contributed by atoms with Gasteiger partial charge in [-0.1, -0.05) is 6.08 Å². The molecule has 0 aromatic rings. The van der Waals surface area contributed by atoms with E-state index in [2.05, 4.69) is 6.58 Å². The summed E-state index contributed by atoms with van der Waals surface area (Å²) < 4.78 is 4.95. The molecule has 0 aliphatic heterocycles. The highest BCUT2D eigenvalue weighted by Gasteiger charge is 2.22. The maximum absolute atomic E-state index is 12.0. The fourth-order valence-electron chi connectivity index (χ4n) is 1.29. The molecule has 98 valence electrons. The smallest absolute Gasteiger partial charge is 0.323 e. The van der Waals surface area contributed by atoms with Crippen LogP contribution in [0.5, 0.6) is 0 Å². The molecule has 0 saturated heterocycles. The van der Waals surface area contributed by atoms with Gasteiger partial charge in [-0.25, -0.2) is 4.79 Å². The number of urea groups is 1. The minimum Gasteiger partial charge on any atom is -0.480 e. The average Bonchev–Trinajstić information content (AvgIpc) is 2.26. The number of likely N-dealkylation sites (N-methyl/N-ethyl adjacent to an activating group) is 1. The van der Waals surface area contributed by atoms with Crippen molar-refractivity contribution in [1.29, 1.82) is 0 Å². The number of carboxylic acid groups (broad SMARTS) is 1. The first-order valence-electron chi connectivity index (χ1n) is 5.27. The molecule has 0 aromatic carbocycles. The SMILES string of the molecule is C=CCN(CC(=O)O)C(=O)N(C)C(C)COC. The Kier molecular flexibility index (Phi) is 6.97. The molecule has 0 aliphatic rings. The zero-order chi connectivity index (χ0) is 13.4. The van der Waals surface area contributed by atoms with Gasteiger partial charge in [0.05, 0.1) is 12.6 Å². The normalized spacial score (nSPS) is 11.7. The number of aliphatic carboxylic acids is 1. The first-order chi connectivity index (χ1) is 7.93. The Hall–Kier alpha value is -1.56. The molecule has 1 atom stereocenters. The summed E-state index contributed by atoms with van der Waals surface area (Å²) in [6, 6.07) is -0.467. The molecular formula is C11H20N2O4. The number of methoxy groups -OCH3 is 1. The molecule has 0 heterocycles. The largest absolute Gasteiger partial charge is 0.480 e. The maximum atomic E-state index is 12.0. The Bertz CT molecular complexity index is 281. The number of hydrogen-bond acceptors (Lipinski definition) is 3. The van der Waals surface area contributed by atoms with Gasteiger partial charge in [-0.15, -0.1) is 6.58 Å². The molecule has 0 fully saturated rings. The monoisotopic (exact) mass is 244 g/mol. The summed E-state index contributed by atoms with van der Waals surface area (Å²) in [5.41, 5.74) is 0. The van der Waals surface area contributed by atoms with Crippen LogP contribution in [0.2, 0.25) is 0 Å². The third-order valence-electron chi connectivity index (χ3n) is 2.32. The van der Waals surface area contributed by atoms with Gasteiger partial charge >= 0.3 is 12.0 Å². The standard InChI is InChI=1S/C11H20N2O4/c1-5-6-13(7-10(14)15)11(16)12(3)9(2)8-17-4/h5,9H,1,6-8H2,2-4H3,(H,14,15). The summed E-state index contributed by atoms with van der Waals surface area (Å²) in [5.74, 6) is -1.05. The molecule has 0 spiro atoms. The molecule has 0 bridgehead atoms. The van der Waals surface area contributed by atoms with Crippen LogP contribution in [-0.2, 0) is 9.53 Å². The van der Waals surface area contributed by atoms with Crippen molar-refractivity contribution in [2.24, 2.45) is 0 Å². The van der Waals surface area contributed by atoms with Gasteiger partial charge in [0, 0.05) is 20.7 Å². The second-order valence-corrected chi connectivity index (χ2v) is 3.76. The number of rotatable bonds is 7. The van der Waals surface area contributed by atoms with E-state index >= 15 is 0 Å². The molecule has 0 radical (unpaired) electrons. The van der Waals surface area contributed by atoms with E-state index in [0.29, 0.717) is 6.61 Å². The highest BCUT2D eigenvalue weighted by atomic mass is 16.5. The molecule has 0 saturated carbocycles. The third kappa shape index (κ3) is 5.35. The molecule has 0 rings (SSSR count). The molecule has 6 heteroatoms. The fourth-order valence-corrected chi connectivity index (χ4v) is 1.29. The van der Waals surface area contributed by atoms with Crippen molar-refractivity contribution in [2.75, 3.05) is 33.9 Å². The number of carbonyl (C=O) groups is 2. The Morgan fingerprint density at radius 3 is 2.53 bits per heavy atom. The second-order valence-electron chi connectivity index (χ2n) is 3.76. The molecular weight excluding hydrogens is 224 g/mol. The van der Waals surface area contributed by atoms with Crippen LogP contribution in [0.1, 0.15) is 6.92 Å². The minimum atomic E-state index is -1.05. The van der Waals surface area contributed by atoms with Crippen molar-refractivity contribution in [3.63, 3.8) is 0 Å². The molecule has 6 nitrogen and oxygen atoms in total. The number of nitrogens with zero attached hydrogens (tertiary/aromatic N) is 2. The van der Waals surface area contributed by atoms with Crippen LogP contribution in [0, 0.1) is 0 Å². The van der Waals surface area contributed by atoms with E-state index < -0.39 is 5.97 Å². The lowest BCUT2D eigenvalue weighted by molar-refractivity contribution is -0.137. The van der Waals surface area contributed by atoms with Crippen molar-refractivity contribution in [3.8, 4) is 0 Å². The van der Waals surface area contributed by atoms with E-state index in [9.17, 15) is 9.59 Å². The Morgan fingerprint density at radius 1 is 1.53 bits per heavy atom. The van der Waals surface area contributed by atoms with E-state index in [0.717, 1.165) is 0 Å². The van der Waals surface area contributed by atoms with Crippen LogP contribution in [0.4, 0.5) is 4.79 Å². The van der Waals surface area contributed by atoms with Gasteiger partial charge in [0.1, 0.15) is 6.54 Å². The van der Waals surface area contributed by atoms with Crippen LogP contribution >= 0.6 is 0 Å². The topological polar surface area (TPSA) is 70.1 Å². The first kappa shape index (κ1) is 15.4. The van der Waals surface area contributed by atoms with E-state index in [1.165, 1.54) is 15.9 Å².